The minimum absolute atomic E-state index is 0.0361. The van der Waals surface area contributed by atoms with E-state index in [0.717, 1.165) is 37.2 Å². The minimum atomic E-state index is -0.102. The summed E-state index contributed by atoms with van der Waals surface area (Å²) in [6.45, 7) is 4.52. The molecule has 10 heteroatoms. The molecule has 190 valence electrons. The van der Waals surface area contributed by atoms with Crippen LogP contribution >= 0.6 is 0 Å². The summed E-state index contributed by atoms with van der Waals surface area (Å²) in [5.41, 5.74) is 2.88. The predicted octanol–water partition coefficient (Wildman–Crippen LogP) is 3.01. The van der Waals surface area contributed by atoms with Crippen molar-refractivity contribution in [1.29, 1.82) is 0 Å². The van der Waals surface area contributed by atoms with Gasteiger partial charge in [-0.2, -0.15) is 5.10 Å². The van der Waals surface area contributed by atoms with Gasteiger partial charge < -0.3 is 14.8 Å². The maximum Gasteiger partial charge on any atom is 0.255 e. The van der Waals surface area contributed by atoms with Crippen LogP contribution in [0.3, 0.4) is 0 Å². The molecule has 1 fully saturated rings. The van der Waals surface area contributed by atoms with Gasteiger partial charge >= 0.3 is 0 Å². The second kappa shape index (κ2) is 11.2. The van der Waals surface area contributed by atoms with Crippen molar-refractivity contribution in [2.24, 2.45) is 0 Å². The summed E-state index contributed by atoms with van der Waals surface area (Å²) in [7, 11) is 0. The van der Waals surface area contributed by atoms with E-state index in [1.54, 1.807) is 41.7 Å². The number of hydrogen-bond donors (Lipinski definition) is 1. The van der Waals surface area contributed by atoms with Crippen LogP contribution in [0.2, 0.25) is 0 Å². The van der Waals surface area contributed by atoms with Crippen molar-refractivity contribution in [3.8, 4) is 5.82 Å². The molecule has 0 atom stereocenters. The number of nitrogens with one attached hydrogen (secondary N) is 1. The third-order valence-electron chi connectivity index (χ3n) is 6.65. The van der Waals surface area contributed by atoms with E-state index in [2.05, 4.69) is 20.4 Å². The molecular formula is C27H30N8O2. The lowest BCUT2D eigenvalue weighted by molar-refractivity contribution is 0.0710. The smallest absolute Gasteiger partial charge is 0.255 e. The summed E-state index contributed by atoms with van der Waals surface area (Å²) in [6.07, 6.45) is 12.8. The first-order chi connectivity index (χ1) is 18.1. The van der Waals surface area contributed by atoms with E-state index in [4.69, 9.17) is 4.98 Å². The second-order valence-corrected chi connectivity index (χ2v) is 9.22. The fraction of sp³-hybridized carbons (Fsp3) is 0.333. The normalized spacial score (nSPS) is 14.0. The molecule has 0 aromatic carbocycles. The number of rotatable bonds is 8. The summed E-state index contributed by atoms with van der Waals surface area (Å²) in [4.78, 5) is 41.1. The van der Waals surface area contributed by atoms with E-state index in [0.29, 0.717) is 36.6 Å². The van der Waals surface area contributed by atoms with Crippen molar-refractivity contribution in [3.05, 3.63) is 90.2 Å². The Kier molecular flexibility index (Phi) is 7.34. The van der Waals surface area contributed by atoms with Crippen molar-refractivity contribution < 1.29 is 9.59 Å². The zero-order valence-corrected chi connectivity index (χ0v) is 20.8. The summed E-state index contributed by atoms with van der Waals surface area (Å²) < 4.78 is 3.64. The third kappa shape index (κ3) is 5.74. The van der Waals surface area contributed by atoms with E-state index in [-0.39, 0.29) is 17.7 Å². The monoisotopic (exact) mass is 498 g/mol. The lowest BCUT2D eigenvalue weighted by Crippen LogP contribution is -2.38. The van der Waals surface area contributed by atoms with Crippen molar-refractivity contribution >= 4 is 11.8 Å². The number of piperidine rings is 1. The van der Waals surface area contributed by atoms with E-state index >= 15 is 0 Å². The Hall–Kier alpha value is -4.34. The molecule has 0 unspecified atom stereocenters. The number of carbonyl (C=O) groups is 2. The van der Waals surface area contributed by atoms with Crippen molar-refractivity contribution in [2.45, 2.75) is 38.6 Å². The van der Waals surface area contributed by atoms with Gasteiger partial charge in [0.2, 0.25) is 0 Å². The van der Waals surface area contributed by atoms with E-state index in [1.165, 1.54) is 0 Å². The molecule has 0 spiro atoms. The van der Waals surface area contributed by atoms with Crippen LogP contribution < -0.4 is 5.32 Å². The highest BCUT2D eigenvalue weighted by molar-refractivity contribution is 5.95. The quantitative estimate of drug-likeness (QED) is 0.374. The van der Waals surface area contributed by atoms with Gasteiger partial charge in [0, 0.05) is 68.8 Å². The van der Waals surface area contributed by atoms with Gasteiger partial charge in [0.15, 0.2) is 5.82 Å². The van der Waals surface area contributed by atoms with Crippen LogP contribution in [0.5, 0.6) is 0 Å². The number of aromatic nitrogens is 6. The summed E-state index contributed by atoms with van der Waals surface area (Å²) in [5.74, 6) is 0.648. The van der Waals surface area contributed by atoms with Crippen LogP contribution in [0.25, 0.3) is 5.82 Å². The Bertz CT molecular complexity index is 1330. The zero-order chi connectivity index (χ0) is 25.6. The molecule has 0 radical (unpaired) electrons. The van der Waals surface area contributed by atoms with Crippen LogP contribution in [-0.2, 0) is 6.54 Å². The number of amides is 2. The molecule has 0 saturated carbocycles. The highest BCUT2D eigenvalue weighted by atomic mass is 16.2. The molecule has 4 aromatic heterocycles. The minimum Gasteiger partial charge on any atom is -0.352 e. The second-order valence-electron chi connectivity index (χ2n) is 9.22. The van der Waals surface area contributed by atoms with Gasteiger partial charge in [0.1, 0.15) is 0 Å². The van der Waals surface area contributed by atoms with Gasteiger partial charge in [-0.25, -0.2) is 14.6 Å². The van der Waals surface area contributed by atoms with Crippen molar-refractivity contribution in [2.75, 3.05) is 19.6 Å². The Morgan fingerprint density at radius 3 is 2.65 bits per heavy atom. The molecule has 1 saturated heterocycles. The molecule has 1 aliphatic heterocycles. The van der Waals surface area contributed by atoms with Crippen LogP contribution in [0.4, 0.5) is 0 Å². The number of aryl methyl sites for hydroxylation is 2. The SMILES string of the molecule is Cc1ccc(C(=O)NCCCn2ccnc2)c(C2CCN(C(=O)c3ccc(-n4cccn4)nc3)CC2)n1. The Morgan fingerprint density at radius 1 is 1.08 bits per heavy atom. The van der Waals surface area contributed by atoms with Gasteiger partial charge in [-0.15, -0.1) is 0 Å². The van der Waals surface area contributed by atoms with E-state index in [1.807, 2.05) is 47.0 Å². The van der Waals surface area contributed by atoms with Crippen LogP contribution in [0.15, 0.2) is 67.6 Å². The number of carbonyl (C=O) groups excluding carboxylic acids is 2. The molecule has 2 amide bonds. The molecule has 5 rings (SSSR count). The average Bonchev–Trinajstić information content (AvgIpc) is 3.66. The van der Waals surface area contributed by atoms with Gasteiger partial charge in [-0.3, -0.25) is 14.6 Å². The van der Waals surface area contributed by atoms with Gasteiger partial charge in [-0.05, 0) is 56.5 Å². The molecule has 0 bridgehead atoms. The van der Waals surface area contributed by atoms with Crippen LogP contribution in [0.1, 0.15) is 57.3 Å². The molecule has 1 N–H and O–H groups in total. The number of pyridine rings is 2. The number of imidazole rings is 1. The van der Waals surface area contributed by atoms with Crippen molar-refractivity contribution in [3.63, 3.8) is 0 Å². The highest BCUT2D eigenvalue weighted by Crippen LogP contribution is 2.30. The van der Waals surface area contributed by atoms with Crippen LogP contribution in [-0.4, -0.2) is 65.6 Å². The van der Waals surface area contributed by atoms with Gasteiger partial charge in [0.25, 0.3) is 11.8 Å². The number of likely N-dealkylation sites (tertiary alicyclic amines) is 1. The highest BCUT2D eigenvalue weighted by Gasteiger charge is 2.28. The maximum absolute atomic E-state index is 13.1. The first-order valence-electron chi connectivity index (χ1n) is 12.6. The fourth-order valence-electron chi connectivity index (χ4n) is 4.65. The lowest BCUT2D eigenvalue weighted by Gasteiger charge is -2.32. The third-order valence-corrected chi connectivity index (χ3v) is 6.65. The molecule has 5 heterocycles. The Labute approximate surface area is 215 Å². The first-order valence-corrected chi connectivity index (χ1v) is 12.6. The molecule has 10 nitrogen and oxygen atoms in total. The zero-order valence-electron chi connectivity index (χ0n) is 20.8. The largest absolute Gasteiger partial charge is 0.352 e. The summed E-state index contributed by atoms with van der Waals surface area (Å²) >= 11 is 0. The maximum atomic E-state index is 13.1. The van der Waals surface area contributed by atoms with E-state index in [9.17, 15) is 9.59 Å². The molecule has 0 aliphatic carbocycles. The average molecular weight is 499 g/mol. The first kappa shape index (κ1) is 24.4. The summed E-state index contributed by atoms with van der Waals surface area (Å²) in [5, 5.41) is 7.20. The Balaban J connectivity index is 1.18. The fourth-order valence-corrected chi connectivity index (χ4v) is 4.65. The standard InChI is InChI=1S/C27H30N8O2/c1-20-4-6-23(26(36)29-10-2-13-33-17-12-28-19-33)25(32-20)21-8-15-34(16-9-21)27(37)22-5-7-24(30-18-22)35-14-3-11-31-35/h3-7,11-12,14,17-19,21H,2,8-10,13,15-16H2,1H3,(H,29,36). The topological polar surface area (TPSA) is 111 Å². The van der Waals surface area contributed by atoms with Crippen LogP contribution in [0, 0.1) is 6.92 Å². The van der Waals surface area contributed by atoms with Gasteiger partial charge in [-0.1, -0.05) is 0 Å². The summed E-state index contributed by atoms with van der Waals surface area (Å²) in [6, 6.07) is 9.15. The molecular weight excluding hydrogens is 468 g/mol. The molecule has 1 aliphatic rings. The number of hydrogen-bond acceptors (Lipinski definition) is 6. The Morgan fingerprint density at radius 2 is 1.95 bits per heavy atom. The van der Waals surface area contributed by atoms with E-state index < -0.39 is 0 Å². The predicted molar refractivity (Wildman–Crippen MR) is 137 cm³/mol. The molecule has 37 heavy (non-hydrogen) atoms. The van der Waals surface area contributed by atoms with Gasteiger partial charge in [0.05, 0.1) is 23.1 Å². The molecule has 4 aromatic rings. The lowest BCUT2D eigenvalue weighted by atomic mass is 9.89. The van der Waals surface area contributed by atoms with Crippen molar-refractivity contribution in [1.82, 2.24) is 39.5 Å². The number of nitrogens with zero attached hydrogens (tertiary/aromatic N) is 7.